The van der Waals surface area contributed by atoms with Gasteiger partial charge in [0.1, 0.15) is 11.8 Å². The van der Waals surface area contributed by atoms with Crippen molar-refractivity contribution < 1.29 is 19.8 Å². The maximum atomic E-state index is 11.1. The van der Waals surface area contributed by atoms with E-state index in [0.717, 1.165) is 16.7 Å². The summed E-state index contributed by atoms with van der Waals surface area (Å²) in [6.07, 6.45) is 2.75. The highest BCUT2D eigenvalue weighted by molar-refractivity contribution is 5.82. The van der Waals surface area contributed by atoms with Crippen LogP contribution in [0.4, 0.5) is 0 Å². The van der Waals surface area contributed by atoms with Gasteiger partial charge >= 0.3 is 5.97 Å². The van der Waals surface area contributed by atoms with Gasteiger partial charge in [-0.05, 0) is 37.5 Å². The molecule has 3 N–H and O–H groups in total. The van der Waals surface area contributed by atoms with Gasteiger partial charge in [0, 0.05) is 13.3 Å². The van der Waals surface area contributed by atoms with Gasteiger partial charge in [-0.25, -0.2) is 4.79 Å². The Morgan fingerprint density at radius 3 is 2.48 bits per heavy atom. The van der Waals surface area contributed by atoms with Crippen molar-refractivity contribution in [2.45, 2.75) is 39.7 Å². The molecule has 0 saturated carbocycles. The number of hydrogen-bond acceptors (Lipinski definition) is 3. The minimum absolute atomic E-state index is 0.178. The van der Waals surface area contributed by atoms with Crippen molar-refractivity contribution in [1.29, 1.82) is 0 Å². The molecule has 1 aromatic rings. The van der Waals surface area contributed by atoms with Crippen molar-refractivity contribution in [3.63, 3.8) is 0 Å². The van der Waals surface area contributed by atoms with Crippen LogP contribution < -0.4 is 5.32 Å². The average molecular weight is 291 g/mol. The second-order valence-corrected chi connectivity index (χ2v) is 5.24. The third kappa shape index (κ3) is 5.69. The molecule has 1 rings (SSSR count). The van der Waals surface area contributed by atoms with E-state index >= 15 is 0 Å². The lowest BCUT2D eigenvalue weighted by atomic mass is 10.0. The van der Waals surface area contributed by atoms with Crippen LogP contribution in [0.5, 0.6) is 5.75 Å². The monoisotopic (exact) mass is 291 g/mol. The first-order chi connectivity index (χ1) is 9.79. The van der Waals surface area contributed by atoms with Crippen molar-refractivity contribution >= 4 is 11.9 Å². The van der Waals surface area contributed by atoms with Gasteiger partial charge in [0.25, 0.3) is 0 Å². The fraction of sp³-hybridized carbons (Fsp3) is 0.375. The molecule has 0 radical (unpaired) electrons. The first kappa shape index (κ1) is 16.8. The van der Waals surface area contributed by atoms with E-state index in [1.54, 1.807) is 18.2 Å². The van der Waals surface area contributed by atoms with Gasteiger partial charge in [0.2, 0.25) is 5.91 Å². The Hall–Kier alpha value is -2.30. The molecule has 0 heterocycles. The zero-order chi connectivity index (χ0) is 16.0. The summed E-state index contributed by atoms with van der Waals surface area (Å²) in [5.74, 6) is -1.28. The summed E-state index contributed by atoms with van der Waals surface area (Å²) in [7, 11) is 0. The Bertz CT molecular complexity index is 559. The molecule has 0 bridgehead atoms. The molecule has 1 aromatic carbocycles. The molecule has 0 aromatic heterocycles. The molecular formula is C16H21NO4. The Balaban J connectivity index is 2.92. The average Bonchev–Trinajstić information content (AvgIpc) is 2.37. The summed E-state index contributed by atoms with van der Waals surface area (Å²) in [5, 5.41) is 21.3. The first-order valence-electron chi connectivity index (χ1n) is 6.73. The molecular weight excluding hydrogens is 270 g/mol. The quantitative estimate of drug-likeness (QED) is 0.700. The number of rotatable bonds is 6. The van der Waals surface area contributed by atoms with E-state index in [-0.39, 0.29) is 18.1 Å². The maximum Gasteiger partial charge on any atom is 0.326 e. The van der Waals surface area contributed by atoms with Crippen LogP contribution in [0.3, 0.4) is 0 Å². The van der Waals surface area contributed by atoms with Crippen molar-refractivity contribution in [2.75, 3.05) is 0 Å². The number of nitrogens with one attached hydrogen (secondary N) is 1. The van der Waals surface area contributed by atoms with Crippen LogP contribution in [0.15, 0.2) is 29.8 Å². The summed E-state index contributed by atoms with van der Waals surface area (Å²) in [6, 6.07) is 4.02. The van der Waals surface area contributed by atoms with Crippen molar-refractivity contribution in [3.05, 3.63) is 41.0 Å². The molecule has 0 fully saturated rings. The third-order valence-corrected chi connectivity index (χ3v) is 2.99. The van der Waals surface area contributed by atoms with Crippen molar-refractivity contribution in [1.82, 2.24) is 5.32 Å². The van der Waals surface area contributed by atoms with Gasteiger partial charge in [-0.2, -0.15) is 0 Å². The smallest absolute Gasteiger partial charge is 0.326 e. The molecule has 21 heavy (non-hydrogen) atoms. The number of aromatic hydroxyl groups is 1. The van der Waals surface area contributed by atoms with Crippen LogP contribution in [-0.2, 0) is 22.4 Å². The fourth-order valence-electron chi connectivity index (χ4n) is 1.92. The number of phenols is 1. The van der Waals surface area contributed by atoms with E-state index in [1.165, 1.54) is 6.92 Å². The second-order valence-electron chi connectivity index (χ2n) is 5.24. The predicted molar refractivity (Wildman–Crippen MR) is 80.2 cm³/mol. The number of carboxylic acid groups (broad SMARTS) is 1. The van der Waals surface area contributed by atoms with Gasteiger partial charge in [0.05, 0.1) is 0 Å². The number of benzene rings is 1. The van der Waals surface area contributed by atoms with E-state index < -0.39 is 12.0 Å². The molecule has 0 spiro atoms. The predicted octanol–water partition coefficient (Wildman–Crippen LogP) is 2.03. The summed E-state index contributed by atoms with van der Waals surface area (Å²) in [6.45, 7) is 5.23. The Morgan fingerprint density at radius 2 is 1.95 bits per heavy atom. The number of allylic oxidation sites excluding steroid dienone is 2. The van der Waals surface area contributed by atoms with Gasteiger partial charge in [-0.15, -0.1) is 0 Å². The largest absolute Gasteiger partial charge is 0.508 e. The highest BCUT2D eigenvalue weighted by Gasteiger charge is 2.19. The third-order valence-electron chi connectivity index (χ3n) is 2.99. The number of phenolic OH excluding ortho intramolecular Hbond substituents is 1. The minimum Gasteiger partial charge on any atom is -0.508 e. The summed E-state index contributed by atoms with van der Waals surface area (Å²) in [5.41, 5.74) is 2.63. The van der Waals surface area contributed by atoms with Gasteiger partial charge < -0.3 is 15.5 Å². The maximum absolute atomic E-state index is 11.1. The lowest BCUT2D eigenvalue weighted by Crippen LogP contribution is -2.41. The fourth-order valence-corrected chi connectivity index (χ4v) is 1.92. The Labute approximate surface area is 124 Å². The molecule has 5 heteroatoms. The number of carboxylic acids is 1. The standard InChI is InChI=1S/C16H21NO4/c1-10(2)4-6-13-8-12(5-7-15(13)19)9-14(16(20)21)17-11(3)18/h4-5,7-8,14,19H,6,9H2,1-3H3,(H,17,18)(H,20,21)/t14-/m0/s1. The van der Waals surface area contributed by atoms with Crippen LogP contribution in [-0.4, -0.2) is 28.1 Å². The van der Waals surface area contributed by atoms with E-state index in [9.17, 15) is 14.7 Å². The van der Waals surface area contributed by atoms with Crippen molar-refractivity contribution in [3.8, 4) is 5.75 Å². The Morgan fingerprint density at radius 1 is 1.29 bits per heavy atom. The highest BCUT2D eigenvalue weighted by Crippen LogP contribution is 2.21. The van der Waals surface area contributed by atoms with E-state index in [0.29, 0.717) is 6.42 Å². The molecule has 0 aliphatic carbocycles. The van der Waals surface area contributed by atoms with Gasteiger partial charge in [0.15, 0.2) is 0 Å². The van der Waals surface area contributed by atoms with Crippen LogP contribution in [0.1, 0.15) is 31.9 Å². The number of hydrogen-bond donors (Lipinski definition) is 3. The van der Waals surface area contributed by atoms with Crippen LogP contribution in [0.25, 0.3) is 0 Å². The van der Waals surface area contributed by atoms with E-state index in [4.69, 9.17) is 5.11 Å². The van der Waals surface area contributed by atoms with Crippen LogP contribution in [0, 0.1) is 0 Å². The molecule has 0 aliphatic heterocycles. The first-order valence-corrected chi connectivity index (χ1v) is 6.73. The normalized spacial score (nSPS) is 11.6. The molecule has 1 amide bonds. The molecule has 0 saturated heterocycles. The molecule has 1 atom stereocenters. The number of carbonyl (C=O) groups excluding carboxylic acids is 1. The van der Waals surface area contributed by atoms with Gasteiger partial charge in [-0.1, -0.05) is 23.8 Å². The number of amides is 1. The summed E-state index contributed by atoms with van der Waals surface area (Å²) in [4.78, 5) is 22.2. The van der Waals surface area contributed by atoms with Crippen molar-refractivity contribution in [2.24, 2.45) is 0 Å². The number of carbonyl (C=O) groups is 2. The number of aliphatic carboxylic acids is 1. The zero-order valence-electron chi connectivity index (χ0n) is 12.5. The van der Waals surface area contributed by atoms with E-state index in [1.807, 2.05) is 19.9 Å². The second kappa shape index (κ2) is 7.47. The topological polar surface area (TPSA) is 86.6 Å². The van der Waals surface area contributed by atoms with Crippen LogP contribution >= 0.6 is 0 Å². The SMILES string of the molecule is CC(=O)N[C@@H](Cc1ccc(O)c(CC=C(C)C)c1)C(=O)O. The summed E-state index contributed by atoms with van der Waals surface area (Å²) < 4.78 is 0. The van der Waals surface area contributed by atoms with E-state index in [2.05, 4.69) is 5.32 Å². The lowest BCUT2D eigenvalue weighted by molar-refractivity contribution is -0.141. The minimum atomic E-state index is -1.08. The highest BCUT2D eigenvalue weighted by atomic mass is 16.4. The molecule has 114 valence electrons. The molecule has 0 aliphatic rings. The zero-order valence-corrected chi connectivity index (χ0v) is 12.5. The van der Waals surface area contributed by atoms with Gasteiger partial charge in [-0.3, -0.25) is 4.79 Å². The molecule has 0 unspecified atom stereocenters. The summed E-state index contributed by atoms with van der Waals surface area (Å²) >= 11 is 0. The Kier molecular flexibility index (Phi) is 5.96. The lowest BCUT2D eigenvalue weighted by Gasteiger charge is -2.14. The molecule has 5 nitrogen and oxygen atoms in total. The van der Waals surface area contributed by atoms with Crippen LogP contribution in [0.2, 0.25) is 0 Å².